The highest BCUT2D eigenvalue weighted by Crippen LogP contribution is 2.10. The normalized spacial score (nSPS) is 15.5. The van der Waals surface area contributed by atoms with Crippen molar-refractivity contribution in [3.63, 3.8) is 0 Å². The fourth-order valence-corrected chi connectivity index (χ4v) is 2.47. The lowest BCUT2D eigenvalue weighted by Crippen LogP contribution is -2.55. The Kier molecular flexibility index (Phi) is 9.33. The number of carbonyl (C=O) groups is 2. The maximum Gasteiger partial charge on any atom is 0.245 e. The molecule has 0 aromatic heterocycles. The van der Waals surface area contributed by atoms with Gasteiger partial charge in [0, 0.05) is 13.6 Å². The highest BCUT2D eigenvalue weighted by Gasteiger charge is 2.30. The third-order valence-electron chi connectivity index (χ3n) is 4.20. The molecule has 5 nitrogen and oxygen atoms in total. The van der Waals surface area contributed by atoms with E-state index in [9.17, 15) is 9.59 Å². The van der Waals surface area contributed by atoms with Gasteiger partial charge in [-0.05, 0) is 32.4 Å². The molecule has 2 unspecified atom stereocenters. The lowest BCUT2D eigenvalue weighted by molar-refractivity contribution is -0.138. The molecule has 0 saturated heterocycles. The number of nitrogens with one attached hydrogen (secondary N) is 1. The van der Waals surface area contributed by atoms with Gasteiger partial charge < -0.3 is 10.2 Å². The number of likely N-dealkylation sites (N-methyl/N-ethyl adjacent to an activating group) is 2. The molecule has 3 atom stereocenters. The summed E-state index contributed by atoms with van der Waals surface area (Å²) in [4.78, 5) is 28.7. The summed E-state index contributed by atoms with van der Waals surface area (Å²) in [5.74, 6) is 0.451. The Morgan fingerprint density at radius 3 is 1.91 bits per heavy atom. The van der Waals surface area contributed by atoms with E-state index in [1.807, 2.05) is 46.8 Å². The molecule has 0 rings (SSSR count). The summed E-state index contributed by atoms with van der Waals surface area (Å²) in [6.45, 7) is 10.9. The van der Waals surface area contributed by atoms with Crippen LogP contribution in [0.2, 0.25) is 0 Å². The Balaban J connectivity index is 4.92. The highest BCUT2D eigenvalue weighted by molar-refractivity contribution is 5.89. The molecule has 0 saturated carbocycles. The van der Waals surface area contributed by atoms with Gasteiger partial charge in [0.1, 0.15) is 6.04 Å². The Morgan fingerprint density at radius 2 is 1.55 bits per heavy atom. The molecule has 0 radical (unpaired) electrons. The molecule has 2 amide bonds. The minimum atomic E-state index is -0.462. The van der Waals surface area contributed by atoms with Crippen molar-refractivity contribution in [2.75, 3.05) is 27.7 Å². The number of hydrogen-bond donors (Lipinski definition) is 1. The van der Waals surface area contributed by atoms with Gasteiger partial charge >= 0.3 is 0 Å². The summed E-state index contributed by atoms with van der Waals surface area (Å²) in [5.41, 5.74) is 0. The van der Waals surface area contributed by atoms with Crippen LogP contribution in [0.4, 0.5) is 0 Å². The van der Waals surface area contributed by atoms with E-state index in [1.54, 1.807) is 4.90 Å². The predicted molar refractivity (Wildman–Crippen MR) is 91.6 cm³/mol. The van der Waals surface area contributed by atoms with Crippen LogP contribution in [0.5, 0.6) is 0 Å². The number of rotatable bonds is 9. The molecule has 0 aromatic rings. The summed E-state index contributed by atoms with van der Waals surface area (Å²) in [7, 11) is 5.59. The molecule has 0 aliphatic heterocycles. The van der Waals surface area contributed by atoms with Gasteiger partial charge in [0.25, 0.3) is 0 Å². The minimum Gasteiger partial charge on any atom is -0.344 e. The molecular formula is C17H35N3O2. The second-order valence-corrected chi connectivity index (χ2v) is 6.85. The van der Waals surface area contributed by atoms with Crippen molar-refractivity contribution in [2.45, 2.75) is 59.5 Å². The molecule has 1 N–H and O–H groups in total. The molecule has 0 aliphatic rings. The van der Waals surface area contributed by atoms with Crippen LogP contribution in [0.15, 0.2) is 0 Å². The molecule has 0 aliphatic carbocycles. The van der Waals surface area contributed by atoms with Crippen molar-refractivity contribution >= 4 is 11.8 Å². The topological polar surface area (TPSA) is 52.7 Å². The zero-order valence-corrected chi connectivity index (χ0v) is 15.6. The second kappa shape index (κ2) is 9.82. The van der Waals surface area contributed by atoms with Crippen LogP contribution in [-0.4, -0.2) is 61.4 Å². The average Bonchev–Trinajstić information content (AvgIpc) is 2.43. The largest absolute Gasteiger partial charge is 0.344 e. The average molecular weight is 313 g/mol. The number of carbonyl (C=O) groups excluding carboxylic acids is 2. The van der Waals surface area contributed by atoms with E-state index < -0.39 is 6.04 Å². The molecule has 5 heteroatoms. The lowest BCUT2D eigenvalue weighted by Gasteiger charge is -2.31. The second-order valence-electron chi connectivity index (χ2n) is 6.85. The molecule has 0 bridgehead atoms. The van der Waals surface area contributed by atoms with Gasteiger partial charge in [-0.3, -0.25) is 14.5 Å². The summed E-state index contributed by atoms with van der Waals surface area (Å²) < 4.78 is 0. The number of hydrogen-bond acceptors (Lipinski definition) is 3. The van der Waals surface area contributed by atoms with Gasteiger partial charge in [-0.15, -0.1) is 0 Å². The fourth-order valence-electron chi connectivity index (χ4n) is 2.47. The quantitative estimate of drug-likeness (QED) is 0.708. The highest BCUT2D eigenvalue weighted by atomic mass is 16.2. The molecule has 0 heterocycles. The van der Waals surface area contributed by atoms with Crippen LogP contribution in [0, 0.1) is 11.8 Å². The smallest absolute Gasteiger partial charge is 0.245 e. The third kappa shape index (κ3) is 6.34. The summed E-state index contributed by atoms with van der Waals surface area (Å²) in [5, 5.41) is 2.95. The van der Waals surface area contributed by atoms with Crippen molar-refractivity contribution in [2.24, 2.45) is 11.8 Å². The third-order valence-corrected chi connectivity index (χ3v) is 4.20. The van der Waals surface area contributed by atoms with Crippen LogP contribution >= 0.6 is 0 Å². The zero-order valence-electron chi connectivity index (χ0n) is 15.6. The van der Waals surface area contributed by atoms with Crippen molar-refractivity contribution in [3.8, 4) is 0 Å². The maximum atomic E-state index is 12.6. The Hall–Kier alpha value is -1.10. The van der Waals surface area contributed by atoms with E-state index in [0.29, 0.717) is 5.92 Å². The van der Waals surface area contributed by atoms with Gasteiger partial charge in [0.2, 0.25) is 11.8 Å². The van der Waals surface area contributed by atoms with Crippen LogP contribution in [0.1, 0.15) is 47.5 Å². The van der Waals surface area contributed by atoms with Gasteiger partial charge in [-0.25, -0.2) is 0 Å². The molecular weight excluding hydrogens is 278 g/mol. The first kappa shape index (κ1) is 20.9. The fraction of sp³-hybridized carbons (Fsp3) is 0.882. The zero-order chi connectivity index (χ0) is 17.4. The first-order chi connectivity index (χ1) is 10.1. The molecule has 0 aromatic carbocycles. The van der Waals surface area contributed by atoms with Crippen molar-refractivity contribution in [1.82, 2.24) is 15.1 Å². The molecule has 0 spiro atoms. The van der Waals surface area contributed by atoms with Gasteiger partial charge in [-0.2, -0.15) is 0 Å². The summed E-state index contributed by atoms with van der Waals surface area (Å²) >= 11 is 0. The number of nitrogens with zero attached hydrogens (tertiary/aromatic N) is 2. The Labute approximate surface area is 136 Å². The van der Waals surface area contributed by atoms with E-state index >= 15 is 0 Å². The first-order valence-corrected chi connectivity index (χ1v) is 8.37. The molecule has 0 fully saturated rings. The predicted octanol–water partition coefficient (Wildman–Crippen LogP) is 1.97. The summed E-state index contributed by atoms with van der Waals surface area (Å²) in [6.07, 6.45) is 1.76. The van der Waals surface area contributed by atoms with Crippen molar-refractivity contribution < 1.29 is 9.59 Å². The van der Waals surface area contributed by atoms with Crippen molar-refractivity contribution in [1.29, 1.82) is 0 Å². The van der Waals surface area contributed by atoms with Crippen molar-refractivity contribution in [3.05, 3.63) is 0 Å². The number of amides is 2. The Bertz CT molecular complexity index is 356. The first-order valence-electron chi connectivity index (χ1n) is 8.37. The standard InChI is InChI=1S/C17H35N3O2/c1-9-13(5)11-20(8)17(22)15(12(3)4)18-16(21)14(10-2)19(6)7/h12-15H,9-11H2,1-8H3,(H,18,21)/t13?,14?,15-/m0/s1. The van der Waals surface area contributed by atoms with Gasteiger partial charge in [0.05, 0.1) is 6.04 Å². The lowest BCUT2D eigenvalue weighted by atomic mass is 10.0. The van der Waals surface area contributed by atoms with E-state index in [1.165, 1.54) is 0 Å². The van der Waals surface area contributed by atoms with Crippen LogP contribution in [-0.2, 0) is 9.59 Å². The maximum absolute atomic E-state index is 12.6. The van der Waals surface area contributed by atoms with E-state index in [4.69, 9.17) is 0 Å². The monoisotopic (exact) mass is 313 g/mol. The van der Waals surface area contributed by atoms with E-state index in [2.05, 4.69) is 19.2 Å². The van der Waals surface area contributed by atoms with Crippen LogP contribution < -0.4 is 5.32 Å². The van der Waals surface area contributed by atoms with E-state index in [0.717, 1.165) is 19.4 Å². The molecule has 22 heavy (non-hydrogen) atoms. The van der Waals surface area contributed by atoms with Gasteiger partial charge in [-0.1, -0.05) is 41.0 Å². The summed E-state index contributed by atoms with van der Waals surface area (Å²) in [6, 6.07) is -0.663. The van der Waals surface area contributed by atoms with Crippen LogP contribution in [0.25, 0.3) is 0 Å². The van der Waals surface area contributed by atoms with Crippen LogP contribution in [0.3, 0.4) is 0 Å². The van der Waals surface area contributed by atoms with E-state index in [-0.39, 0.29) is 23.8 Å². The minimum absolute atomic E-state index is 0.00254. The molecule has 130 valence electrons. The Morgan fingerprint density at radius 1 is 1.00 bits per heavy atom. The van der Waals surface area contributed by atoms with Gasteiger partial charge in [0.15, 0.2) is 0 Å². The SMILES string of the molecule is CCC(C)CN(C)C(=O)[C@@H](NC(=O)C(CC)N(C)C)C(C)C.